The van der Waals surface area contributed by atoms with Gasteiger partial charge in [-0.15, -0.1) is 0 Å². The average Bonchev–Trinajstić information content (AvgIpc) is 3.01. The molecular formula is C39H30. The maximum absolute atomic E-state index is 2.41. The molecule has 39 heavy (non-hydrogen) atoms. The molecular weight excluding hydrogens is 468 g/mol. The molecule has 0 heterocycles. The van der Waals surface area contributed by atoms with E-state index < -0.39 is 0 Å². The van der Waals surface area contributed by atoms with Gasteiger partial charge in [-0.05, 0) is 73.0 Å². The maximum atomic E-state index is 2.41. The Morgan fingerprint density at radius 2 is 1.00 bits per heavy atom. The van der Waals surface area contributed by atoms with Gasteiger partial charge in [-0.2, -0.15) is 0 Å². The van der Waals surface area contributed by atoms with Crippen molar-refractivity contribution < 1.29 is 0 Å². The zero-order chi connectivity index (χ0) is 26.2. The van der Waals surface area contributed by atoms with Crippen LogP contribution in [-0.4, -0.2) is 0 Å². The van der Waals surface area contributed by atoms with E-state index in [0.29, 0.717) is 0 Å². The summed E-state index contributed by atoms with van der Waals surface area (Å²) in [5.41, 5.74) is 9.05. The van der Waals surface area contributed by atoms with Gasteiger partial charge in [0, 0.05) is 5.41 Å². The minimum absolute atomic E-state index is 0.0213. The highest BCUT2D eigenvalue weighted by Gasteiger charge is 2.25. The van der Waals surface area contributed by atoms with Crippen molar-refractivity contribution in [1.82, 2.24) is 0 Å². The van der Waals surface area contributed by atoms with E-state index in [-0.39, 0.29) is 5.41 Å². The fraction of sp³-hybridized carbons (Fsp3) is 0.0769. The van der Waals surface area contributed by atoms with Crippen LogP contribution in [0, 0.1) is 0 Å². The van der Waals surface area contributed by atoms with Crippen LogP contribution in [0.2, 0.25) is 0 Å². The topological polar surface area (TPSA) is 0 Å². The Hall–Kier alpha value is -4.68. The van der Waals surface area contributed by atoms with E-state index in [0.717, 1.165) is 6.42 Å². The highest BCUT2D eigenvalue weighted by Crippen LogP contribution is 2.45. The molecule has 0 fully saturated rings. The second kappa shape index (κ2) is 9.57. The van der Waals surface area contributed by atoms with Gasteiger partial charge < -0.3 is 0 Å². The smallest absolute Gasteiger partial charge is 0.0142 e. The van der Waals surface area contributed by atoms with Crippen LogP contribution < -0.4 is 0 Å². The molecule has 1 unspecified atom stereocenters. The third-order valence-electron chi connectivity index (χ3n) is 8.29. The first-order valence-electron chi connectivity index (χ1n) is 13.8. The molecule has 0 saturated heterocycles. The summed E-state index contributed by atoms with van der Waals surface area (Å²) in [4.78, 5) is 0. The lowest BCUT2D eigenvalue weighted by molar-refractivity contribution is 0.601. The SMILES string of the molecule is CC1(c2ccccc2)C=CC(c2ccc3c(-c4ccccc4)c4ccccc4c(-c4ccccc4)c3c2)=CC1. The highest BCUT2D eigenvalue weighted by molar-refractivity contribution is 6.21. The summed E-state index contributed by atoms with van der Waals surface area (Å²) in [5, 5.41) is 5.16. The van der Waals surface area contributed by atoms with Crippen molar-refractivity contribution in [3.05, 3.63) is 163 Å². The van der Waals surface area contributed by atoms with Gasteiger partial charge in [0.25, 0.3) is 0 Å². The Labute approximate surface area is 230 Å². The number of hydrogen-bond acceptors (Lipinski definition) is 0. The molecule has 0 saturated carbocycles. The van der Waals surface area contributed by atoms with Crippen molar-refractivity contribution in [2.45, 2.75) is 18.8 Å². The van der Waals surface area contributed by atoms with Crippen LogP contribution in [0.4, 0.5) is 0 Å². The van der Waals surface area contributed by atoms with Gasteiger partial charge in [0.2, 0.25) is 0 Å². The number of rotatable bonds is 4. The number of benzene rings is 6. The largest absolute Gasteiger partial charge is 0.0755 e. The van der Waals surface area contributed by atoms with Crippen molar-refractivity contribution >= 4 is 27.1 Å². The average molecular weight is 499 g/mol. The Morgan fingerprint density at radius 3 is 1.56 bits per heavy atom. The highest BCUT2D eigenvalue weighted by atomic mass is 14.3. The van der Waals surface area contributed by atoms with Gasteiger partial charge in [-0.3, -0.25) is 0 Å². The van der Waals surface area contributed by atoms with E-state index in [1.807, 2.05) is 0 Å². The molecule has 0 spiro atoms. The van der Waals surface area contributed by atoms with Crippen molar-refractivity contribution in [3.8, 4) is 22.3 Å². The molecule has 0 heteroatoms. The second-order valence-electron chi connectivity index (χ2n) is 10.8. The molecule has 1 atom stereocenters. The Kier molecular flexibility index (Phi) is 5.75. The molecule has 1 aliphatic rings. The van der Waals surface area contributed by atoms with Crippen LogP contribution in [0.5, 0.6) is 0 Å². The number of fused-ring (bicyclic) bond motifs is 2. The minimum atomic E-state index is 0.0213. The van der Waals surface area contributed by atoms with Crippen molar-refractivity contribution in [1.29, 1.82) is 0 Å². The van der Waals surface area contributed by atoms with Crippen LogP contribution in [0.25, 0.3) is 49.4 Å². The van der Waals surface area contributed by atoms with Crippen molar-refractivity contribution in [2.75, 3.05) is 0 Å². The lowest BCUT2D eigenvalue weighted by Crippen LogP contribution is -2.19. The molecule has 0 aliphatic heterocycles. The molecule has 0 bridgehead atoms. The molecule has 7 rings (SSSR count). The zero-order valence-electron chi connectivity index (χ0n) is 22.1. The molecule has 6 aromatic rings. The molecule has 1 aliphatic carbocycles. The maximum Gasteiger partial charge on any atom is 0.0142 e. The van der Waals surface area contributed by atoms with Crippen LogP contribution in [0.15, 0.2) is 152 Å². The number of hydrogen-bond donors (Lipinski definition) is 0. The molecule has 186 valence electrons. The summed E-state index contributed by atoms with van der Waals surface area (Å²) in [7, 11) is 0. The van der Waals surface area contributed by atoms with Crippen LogP contribution in [0.3, 0.4) is 0 Å². The van der Waals surface area contributed by atoms with Crippen LogP contribution in [-0.2, 0) is 5.41 Å². The predicted molar refractivity (Wildman–Crippen MR) is 168 cm³/mol. The fourth-order valence-electron chi connectivity index (χ4n) is 6.17. The quantitative estimate of drug-likeness (QED) is 0.212. The van der Waals surface area contributed by atoms with Crippen LogP contribution >= 0.6 is 0 Å². The second-order valence-corrected chi connectivity index (χ2v) is 10.8. The molecule has 0 amide bonds. The minimum Gasteiger partial charge on any atom is -0.0755 e. The van der Waals surface area contributed by atoms with E-state index >= 15 is 0 Å². The first kappa shape index (κ1) is 23.4. The third kappa shape index (κ3) is 4.10. The Balaban J connectivity index is 1.46. The monoisotopic (exact) mass is 498 g/mol. The molecule has 6 aromatic carbocycles. The lowest BCUT2D eigenvalue weighted by Gasteiger charge is -2.29. The van der Waals surface area contributed by atoms with Gasteiger partial charge >= 0.3 is 0 Å². The summed E-state index contributed by atoms with van der Waals surface area (Å²) in [5.74, 6) is 0. The lowest BCUT2D eigenvalue weighted by atomic mass is 9.75. The van der Waals surface area contributed by atoms with Gasteiger partial charge in [0.15, 0.2) is 0 Å². The Morgan fingerprint density at radius 1 is 0.487 bits per heavy atom. The van der Waals surface area contributed by atoms with Gasteiger partial charge in [0.05, 0.1) is 0 Å². The summed E-state index contributed by atoms with van der Waals surface area (Å²) < 4.78 is 0. The van der Waals surface area contributed by atoms with E-state index in [2.05, 4.69) is 159 Å². The first-order valence-corrected chi connectivity index (χ1v) is 13.8. The van der Waals surface area contributed by atoms with E-state index in [1.165, 1.54) is 60.5 Å². The third-order valence-corrected chi connectivity index (χ3v) is 8.29. The van der Waals surface area contributed by atoms with E-state index in [9.17, 15) is 0 Å². The molecule has 0 N–H and O–H groups in total. The van der Waals surface area contributed by atoms with Gasteiger partial charge in [-0.25, -0.2) is 0 Å². The zero-order valence-corrected chi connectivity index (χ0v) is 22.1. The van der Waals surface area contributed by atoms with E-state index in [4.69, 9.17) is 0 Å². The van der Waals surface area contributed by atoms with Crippen LogP contribution in [0.1, 0.15) is 24.5 Å². The molecule has 0 aromatic heterocycles. The summed E-state index contributed by atoms with van der Waals surface area (Å²) >= 11 is 0. The Bertz CT molecular complexity index is 1860. The molecule has 0 nitrogen and oxygen atoms in total. The first-order chi connectivity index (χ1) is 19.2. The standard InChI is InChI=1S/C39H30/c1-39(32-17-9-4-10-18-32)25-23-28(24-26-39)31-21-22-35-36(27-31)38(30-15-7-3-8-16-30)34-20-12-11-19-33(34)37(35)29-13-5-2-6-14-29/h2-25,27H,26H2,1H3. The predicted octanol–water partition coefficient (Wildman–Crippen LogP) is 10.6. The normalized spacial score (nSPS) is 16.9. The molecule has 0 radical (unpaired) electrons. The van der Waals surface area contributed by atoms with Gasteiger partial charge in [-0.1, -0.05) is 153 Å². The summed E-state index contributed by atoms with van der Waals surface area (Å²) in [6.07, 6.45) is 8.10. The van der Waals surface area contributed by atoms with Crippen molar-refractivity contribution in [3.63, 3.8) is 0 Å². The van der Waals surface area contributed by atoms with E-state index in [1.54, 1.807) is 0 Å². The van der Waals surface area contributed by atoms with Gasteiger partial charge in [0.1, 0.15) is 0 Å². The fourth-order valence-corrected chi connectivity index (χ4v) is 6.17. The number of allylic oxidation sites excluding steroid dienone is 4. The van der Waals surface area contributed by atoms with Crippen molar-refractivity contribution in [2.24, 2.45) is 0 Å². The summed E-state index contributed by atoms with van der Waals surface area (Å²) in [6.45, 7) is 2.33. The summed E-state index contributed by atoms with van der Waals surface area (Å²) in [6, 6.07) is 48.4.